The molecule has 6 nitrogen and oxygen atoms in total. The van der Waals surface area contributed by atoms with Crippen LogP contribution in [0.15, 0.2) is 53.6 Å². The fourth-order valence-corrected chi connectivity index (χ4v) is 2.26. The number of fused-ring (bicyclic) bond motifs is 1. The van der Waals surface area contributed by atoms with Crippen molar-refractivity contribution in [3.05, 3.63) is 54.1 Å². The third-order valence-corrected chi connectivity index (χ3v) is 3.54. The molecule has 1 N–H and O–H groups in total. The Morgan fingerprint density at radius 2 is 2.00 bits per heavy atom. The highest BCUT2D eigenvalue weighted by molar-refractivity contribution is 5.85. The quantitative estimate of drug-likeness (QED) is 0.648. The summed E-state index contributed by atoms with van der Waals surface area (Å²) in [6.45, 7) is 2.90. The van der Waals surface area contributed by atoms with Crippen molar-refractivity contribution >= 4 is 12.1 Å². The number of carbonyl (C=O) groups excluding carboxylic acids is 1. The second kappa shape index (κ2) is 8.19. The lowest BCUT2D eigenvalue weighted by Gasteiger charge is -2.24. The van der Waals surface area contributed by atoms with Crippen LogP contribution >= 0.6 is 0 Å². The minimum Gasteiger partial charge on any atom is -0.494 e. The van der Waals surface area contributed by atoms with Crippen molar-refractivity contribution < 1.29 is 19.0 Å². The first kappa shape index (κ1) is 16.8. The molecule has 25 heavy (non-hydrogen) atoms. The van der Waals surface area contributed by atoms with Crippen molar-refractivity contribution in [1.29, 1.82) is 0 Å². The molecular formula is C19H20N2O4. The maximum absolute atomic E-state index is 12.1. The van der Waals surface area contributed by atoms with Gasteiger partial charge in [0.15, 0.2) is 11.5 Å². The molecule has 0 radical (unpaired) electrons. The molecule has 0 saturated heterocycles. The van der Waals surface area contributed by atoms with Gasteiger partial charge in [0.2, 0.25) is 6.10 Å². The van der Waals surface area contributed by atoms with Gasteiger partial charge in [0.1, 0.15) is 12.4 Å². The summed E-state index contributed by atoms with van der Waals surface area (Å²) in [7, 11) is 0. The molecule has 130 valence electrons. The lowest BCUT2D eigenvalue weighted by molar-refractivity contribution is -0.130. The average Bonchev–Trinajstić information content (AvgIpc) is 2.67. The van der Waals surface area contributed by atoms with Crippen molar-refractivity contribution in [3.8, 4) is 17.2 Å². The number of para-hydroxylation sites is 2. The third-order valence-electron chi connectivity index (χ3n) is 3.54. The van der Waals surface area contributed by atoms with E-state index in [1.807, 2.05) is 36.4 Å². The van der Waals surface area contributed by atoms with E-state index in [1.165, 1.54) is 0 Å². The average molecular weight is 340 g/mol. The molecular weight excluding hydrogens is 320 g/mol. The molecule has 0 aliphatic carbocycles. The fourth-order valence-electron chi connectivity index (χ4n) is 2.26. The number of hydrogen-bond donors (Lipinski definition) is 1. The number of ether oxygens (including phenoxy) is 3. The number of carbonyl (C=O) groups is 1. The number of benzene rings is 2. The predicted molar refractivity (Wildman–Crippen MR) is 94.3 cm³/mol. The molecule has 1 aliphatic heterocycles. The van der Waals surface area contributed by atoms with Crippen LogP contribution in [0.5, 0.6) is 17.2 Å². The summed E-state index contributed by atoms with van der Waals surface area (Å²) in [5.74, 6) is 1.66. The van der Waals surface area contributed by atoms with Crippen LogP contribution in [0.25, 0.3) is 0 Å². The maximum atomic E-state index is 12.1. The van der Waals surface area contributed by atoms with Gasteiger partial charge in [-0.15, -0.1) is 0 Å². The number of nitrogens with zero attached hydrogens (tertiary/aromatic N) is 1. The number of hydrazone groups is 1. The van der Waals surface area contributed by atoms with E-state index in [9.17, 15) is 4.79 Å². The molecule has 1 unspecified atom stereocenters. The summed E-state index contributed by atoms with van der Waals surface area (Å²) in [5.41, 5.74) is 3.33. The van der Waals surface area contributed by atoms with Gasteiger partial charge in [-0.1, -0.05) is 19.1 Å². The lowest BCUT2D eigenvalue weighted by Crippen LogP contribution is -2.42. The van der Waals surface area contributed by atoms with Gasteiger partial charge in [-0.2, -0.15) is 5.10 Å². The van der Waals surface area contributed by atoms with E-state index in [4.69, 9.17) is 14.2 Å². The van der Waals surface area contributed by atoms with Crippen molar-refractivity contribution in [3.63, 3.8) is 0 Å². The molecule has 1 amide bonds. The number of amides is 1. The monoisotopic (exact) mass is 340 g/mol. The fraction of sp³-hybridized carbons (Fsp3) is 0.263. The summed E-state index contributed by atoms with van der Waals surface area (Å²) in [6, 6.07) is 14.7. The Morgan fingerprint density at radius 3 is 2.76 bits per heavy atom. The van der Waals surface area contributed by atoms with Crippen molar-refractivity contribution in [2.24, 2.45) is 5.10 Å². The molecule has 6 heteroatoms. The van der Waals surface area contributed by atoms with Crippen LogP contribution < -0.4 is 19.6 Å². The van der Waals surface area contributed by atoms with Gasteiger partial charge in [-0.3, -0.25) is 4.79 Å². The van der Waals surface area contributed by atoms with Gasteiger partial charge < -0.3 is 14.2 Å². The van der Waals surface area contributed by atoms with E-state index in [1.54, 1.807) is 18.3 Å². The smallest absolute Gasteiger partial charge is 0.284 e. The van der Waals surface area contributed by atoms with Gasteiger partial charge in [0, 0.05) is 0 Å². The molecule has 0 spiro atoms. The highest BCUT2D eigenvalue weighted by atomic mass is 16.6. The lowest BCUT2D eigenvalue weighted by atomic mass is 10.2. The number of nitrogens with one attached hydrogen (secondary N) is 1. The number of hydrogen-bond acceptors (Lipinski definition) is 5. The zero-order chi connectivity index (χ0) is 17.5. The Hall–Kier alpha value is -3.02. The van der Waals surface area contributed by atoms with Crippen molar-refractivity contribution in [2.75, 3.05) is 13.2 Å². The van der Waals surface area contributed by atoms with Crippen molar-refractivity contribution in [1.82, 2.24) is 5.43 Å². The molecule has 2 aromatic carbocycles. The van der Waals surface area contributed by atoms with E-state index in [-0.39, 0.29) is 12.5 Å². The molecule has 1 atom stereocenters. The molecule has 3 rings (SSSR count). The second-order valence-electron chi connectivity index (χ2n) is 5.52. The van der Waals surface area contributed by atoms with Crippen LogP contribution in [-0.2, 0) is 4.79 Å². The molecule has 0 aromatic heterocycles. The summed E-state index contributed by atoms with van der Waals surface area (Å²) in [4.78, 5) is 12.1. The van der Waals surface area contributed by atoms with E-state index < -0.39 is 6.10 Å². The Kier molecular flexibility index (Phi) is 5.51. The topological polar surface area (TPSA) is 69.2 Å². The minimum atomic E-state index is -0.725. The Morgan fingerprint density at radius 1 is 1.24 bits per heavy atom. The van der Waals surface area contributed by atoms with Gasteiger partial charge in [0.05, 0.1) is 12.8 Å². The third kappa shape index (κ3) is 4.50. The molecule has 2 aromatic rings. The van der Waals surface area contributed by atoms with Crippen LogP contribution in [0.3, 0.4) is 0 Å². The highest BCUT2D eigenvalue weighted by Crippen LogP contribution is 2.30. The Labute approximate surface area is 146 Å². The van der Waals surface area contributed by atoms with Crippen LogP contribution in [0.2, 0.25) is 0 Å². The Balaban J connectivity index is 1.51. The van der Waals surface area contributed by atoms with Gasteiger partial charge in [-0.25, -0.2) is 5.43 Å². The predicted octanol–water partition coefficient (Wildman–Crippen LogP) is 2.77. The van der Waals surface area contributed by atoms with E-state index in [0.717, 1.165) is 17.7 Å². The highest BCUT2D eigenvalue weighted by Gasteiger charge is 2.26. The summed E-state index contributed by atoms with van der Waals surface area (Å²) >= 11 is 0. The summed E-state index contributed by atoms with van der Waals surface area (Å²) in [5, 5.41) is 3.96. The minimum absolute atomic E-state index is 0.155. The second-order valence-corrected chi connectivity index (χ2v) is 5.52. The summed E-state index contributed by atoms with van der Waals surface area (Å²) < 4.78 is 16.7. The SMILES string of the molecule is CCCOc1ccc(/C=N/NC(=O)C2COc3ccccc3O2)cc1. The van der Waals surface area contributed by atoms with E-state index >= 15 is 0 Å². The molecule has 0 bridgehead atoms. The normalized spacial score (nSPS) is 15.8. The molecule has 1 aliphatic rings. The van der Waals surface area contributed by atoms with Crippen LogP contribution in [-0.4, -0.2) is 31.4 Å². The summed E-state index contributed by atoms with van der Waals surface area (Å²) in [6.07, 6.45) is 1.81. The Bertz CT molecular complexity index is 743. The molecule has 1 heterocycles. The molecule has 0 saturated carbocycles. The number of rotatable bonds is 6. The zero-order valence-corrected chi connectivity index (χ0v) is 14.0. The first-order chi connectivity index (χ1) is 12.3. The molecule has 0 fully saturated rings. The maximum Gasteiger partial charge on any atom is 0.284 e. The standard InChI is InChI=1S/C19H20N2O4/c1-2-11-23-15-9-7-14(8-10-15)12-20-21-19(22)18-13-24-16-5-3-4-6-17(16)25-18/h3-10,12,18H,2,11,13H2,1H3,(H,21,22)/b20-12+. The van der Waals surface area contributed by atoms with Crippen LogP contribution in [0.1, 0.15) is 18.9 Å². The van der Waals surface area contributed by atoms with Crippen molar-refractivity contribution in [2.45, 2.75) is 19.4 Å². The zero-order valence-electron chi connectivity index (χ0n) is 14.0. The first-order valence-electron chi connectivity index (χ1n) is 8.20. The van der Waals surface area contributed by atoms with Crippen LogP contribution in [0, 0.1) is 0 Å². The van der Waals surface area contributed by atoms with Gasteiger partial charge in [-0.05, 0) is 48.4 Å². The van der Waals surface area contributed by atoms with E-state index in [0.29, 0.717) is 18.1 Å². The van der Waals surface area contributed by atoms with Crippen LogP contribution in [0.4, 0.5) is 0 Å². The van der Waals surface area contributed by atoms with Gasteiger partial charge >= 0.3 is 0 Å². The van der Waals surface area contributed by atoms with E-state index in [2.05, 4.69) is 17.5 Å². The largest absolute Gasteiger partial charge is 0.494 e. The van der Waals surface area contributed by atoms with Gasteiger partial charge in [0.25, 0.3) is 5.91 Å². The first-order valence-corrected chi connectivity index (χ1v) is 8.20.